The molecule has 1 aromatic heterocycles. The first-order valence-electron chi connectivity index (χ1n) is 6.82. The van der Waals surface area contributed by atoms with Crippen LogP contribution >= 0.6 is 43.5 Å². The highest BCUT2D eigenvalue weighted by molar-refractivity contribution is 9.11. The van der Waals surface area contributed by atoms with Gasteiger partial charge in [0.05, 0.1) is 15.2 Å². The summed E-state index contributed by atoms with van der Waals surface area (Å²) in [5.74, 6) is 1.45. The predicted molar refractivity (Wildman–Crippen MR) is 96.0 cm³/mol. The van der Waals surface area contributed by atoms with Crippen molar-refractivity contribution in [1.82, 2.24) is 9.97 Å². The van der Waals surface area contributed by atoms with E-state index in [4.69, 9.17) is 11.6 Å². The summed E-state index contributed by atoms with van der Waals surface area (Å²) in [4.78, 5) is 9.24. The van der Waals surface area contributed by atoms with Crippen LogP contribution in [0.5, 0.6) is 0 Å². The first kappa shape index (κ1) is 16.7. The van der Waals surface area contributed by atoms with Crippen LogP contribution in [-0.2, 0) is 6.42 Å². The zero-order valence-electron chi connectivity index (χ0n) is 11.9. The van der Waals surface area contributed by atoms with E-state index in [1.54, 1.807) is 0 Å². The quantitative estimate of drug-likeness (QED) is 0.657. The third-order valence-electron chi connectivity index (χ3n) is 2.97. The van der Waals surface area contributed by atoms with E-state index in [2.05, 4.69) is 61.0 Å². The van der Waals surface area contributed by atoms with Crippen LogP contribution in [-0.4, -0.2) is 16.5 Å². The van der Waals surface area contributed by atoms with Crippen molar-refractivity contribution in [3.63, 3.8) is 0 Å². The average Bonchev–Trinajstić information content (AvgIpc) is 2.48. The molecule has 0 aliphatic heterocycles. The molecule has 0 fully saturated rings. The molecule has 0 radical (unpaired) electrons. The highest BCUT2D eigenvalue weighted by Crippen LogP contribution is 2.32. The van der Waals surface area contributed by atoms with Gasteiger partial charge in [-0.05, 0) is 47.0 Å². The van der Waals surface area contributed by atoms with Gasteiger partial charge in [0.15, 0.2) is 5.82 Å². The lowest BCUT2D eigenvalue weighted by molar-refractivity contribution is 0.944. The zero-order chi connectivity index (χ0) is 15.4. The lowest BCUT2D eigenvalue weighted by Gasteiger charge is -2.13. The van der Waals surface area contributed by atoms with Crippen molar-refractivity contribution in [2.75, 3.05) is 11.9 Å². The van der Waals surface area contributed by atoms with Gasteiger partial charge in [-0.15, -0.1) is 0 Å². The molecule has 1 N–H and O–H groups in total. The van der Waals surface area contributed by atoms with Gasteiger partial charge in [-0.2, -0.15) is 0 Å². The van der Waals surface area contributed by atoms with Crippen LogP contribution in [0.3, 0.4) is 0 Å². The molecule has 1 heterocycles. The molecule has 0 atom stereocenters. The van der Waals surface area contributed by atoms with Crippen molar-refractivity contribution in [3.8, 4) is 11.4 Å². The van der Waals surface area contributed by atoms with E-state index in [-0.39, 0.29) is 0 Å². The molecule has 3 nitrogen and oxygen atoms in total. The molecule has 0 spiro atoms. The second-order valence-corrected chi connectivity index (χ2v) is 6.68. The van der Waals surface area contributed by atoms with E-state index in [1.165, 1.54) is 0 Å². The molecule has 2 rings (SSSR count). The summed E-state index contributed by atoms with van der Waals surface area (Å²) in [7, 11) is 0. The van der Waals surface area contributed by atoms with Gasteiger partial charge in [-0.1, -0.05) is 41.4 Å². The topological polar surface area (TPSA) is 37.8 Å². The zero-order valence-corrected chi connectivity index (χ0v) is 15.8. The van der Waals surface area contributed by atoms with Gasteiger partial charge in [0, 0.05) is 16.6 Å². The van der Waals surface area contributed by atoms with Gasteiger partial charge in [0.25, 0.3) is 0 Å². The Kier molecular flexibility index (Phi) is 6.02. The summed E-state index contributed by atoms with van der Waals surface area (Å²) in [6, 6.07) is 5.69. The molecule has 0 unspecified atom stereocenters. The van der Waals surface area contributed by atoms with Crippen molar-refractivity contribution >= 4 is 49.3 Å². The Morgan fingerprint density at radius 3 is 2.62 bits per heavy atom. The number of hydrogen-bond donors (Lipinski definition) is 1. The molecule has 112 valence electrons. The summed E-state index contributed by atoms with van der Waals surface area (Å²) in [5, 5.41) is 3.97. The van der Waals surface area contributed by atoms with Crippen LogP contribution < -0.4 is 5.32 Å². The molecule has 21 heavy (non-hydrogen) atoms. The SMILES string of the molecule is CCCNc1nc(-c2cc(Br)ccc2Cl)nc(CC)c1Br. The molecule has 0 bridgehead atoms. The van der Waals surface area contributed by atoms with E-state index < -0.39 is 0 Å². The average molecular weight is 434 g/mol. The lowest BCUT2D eigenvalue weighted by atomic mass is 10.2. The molecule has 0 saturated heterocycles. The van der Waals surface area contributed by atoms with E-state index in [0.29, 0.717) is 10.8 Å². The van der Waals surface area contributed by atoms with E-state index >= 15 is 0 Å². The second-order valence-electron chi connectivity index (χ2n) is 4.56. The van der Waals surface area contributed by atoms with Gasteiger partial charge in [0.1, 0.15) is 5.82 Å². The summed E-state index contributed by atoms with van der Waals surface area (Å²) in [6.07, 6.45) is 1.85. The van der Waals surface area contributed by atoms with Crippen molar-refractivity contribution in [2.45, 2.75) is 26.7 Å². The molecular weight excluding hydrogens is 417 g/mol. The second kappa shape index (κ2) is 7.56. The minimum absolute atomic E-state index is 0.639. The van der Waals surface area contributed by atoms with E-state index in [0.717, 1.165) is 45.4 Å². The summed E-state index contributed by atoms with van der Waals surface area (Å²) >= 11 is 13.3. The molecule has 1 aromatic carbocycles. The number of nitrogens with one attached hydrogen (secondary N) is 1. The Hall–Kier alpha value is -0.650. The Morgan fingerprint density at radius 1 is 1.19 bits per heavy atom. The number of nitrogens with zero attached hydrogens (tertiary/aromatic N) is 2. The van der Waals surface area contributed by atoms with Crippen molar-refractivity contribution in [3.05, 3.63) is 37.9 Å². The summed E-state index contributed by atoms with van der Waals surface area (Å²) in [5.41, 5.74) is 1.79. The van der Waals surface area contributed by atoms with Gasteiger partial charge in [-0.25, -0.2) is 9.97 Å². The normalized spacial score (nSPS) is 10.7. The monoisotopic (exact) mass is 431 g/mol. The summed E-state index contributed by atoms with van der Waals surface area (Å²) < 4.78 is 1.88. The number of rotatable bonds is 5. The highest BCUT2D eigenvalue weighted by atomic mass is 79.9. The first-order chi connectivity index (χ1) is 10.1. The van der Waals surface area contributed by atoms with Crippen LogP contribution in [0, 0.1) is 0 Å². The number of benzene rings is 1. The van der Waals surface area contributed by atoms with Crippen LogP contribution in [0.4, 0.5) is 5.82 Å². The van der Waals surface area contributed by atoms with Crippen molar-refractivity contribution in [2.24, 2.45) is 0 Å². The molecule has 0 aliphatic carbocycles. The lowest BCUT2D eigenvalue weighted by Crippen LogP contribution is -2.07. The minimum atomic E-state index is 0.639. The maximum Gasteiger partial charge on any atom is 0.163 e. The minimum Gasteiger partial charge on any atom is -0.369 e. The molecule has 6 heteroatoms. The number of aryl methyl sites for hydroxylation is 1. The van der Waals surface area contributed by atoms with Gasteiger partial charge in [-0.3, -0.25) is 0 Å². The molecule has 0 saturated carbocycles. The fourth-order valence-corrected chi connectivity index (χ4v) is 3.04. The van der Waals surface area contributed by atoms with Gasteiger partial charge in [0.2, 0.25) is 0 Å². The van der Waals surface area contributed by atoms with E-state index in [1.807, 2.05) is 18.2 Å². The largest absolute Gasteiger partial charge is 0.369 e. The maximum absolute atomic E-state index is 6.29. The van der Waals surface area contributed by atoms with Gasteiger partial charge < -0.3 is 5.32 Å². The Morgan fingerprint density at radius 2 is 1.95 bits per heavy atom. The molecular formula is C15H16Br2ClN3. The number of hydrogen-bond acceptors (Lipinski definition) is 3. The van der Waals surface area contributed by atoms with Crippen LogP contribution in [0.2, 0.25) is 5.02 Å². The standard InChI is InChI=1S/C15H16Br2ClN3/c1-3-7-19-15-13(17)12(4-2)20-14(21-15)10-8-9(16)5-6-11(10)18/h5-6,8H,3-4,7H2,1-2H3,(H,19,20,21). The molecule has 2 aromatic rings. The predicted octanol–water partition coefficient (Wildman–Crippen LogP) is 5.71. The van der Waals surface area contributed by atoms with Crippen LogP contribution in [0.15, 0.2) is 27.1 Å². The molecule has 0 aliphatic rings. The number of anilines is 1. The van der Waals surface area contributed by atoms with Gasteiger partial charge >= 0.3 is 0 Å². The van der Waals surface area contributed by atoms with Crippen LogP contribution in [0.25, 0.3) is 11.4 Å². The third-order valence-corrected chi connectivity index (χ3v) is 4.62. The Balaban J connectivity index is 2.55. The Bertz CT molecular complexity index is 647. The number of halogens is 3. The smallest absolute Gasteiger partial charge is 0.163 e. The van der Waals surface area contributed by atoms with Crippen molar-refractivity contribution in [1.29, 1.82) is 0 Å². The van der Waals surface area contributed by atoms with E-state index in [9.17, 15) is 0 Å². The maximum atomic E-state index is 6.29. The molecule has 0 amide bonds. The third kappa shape index (κ3) is 3.96. The Labute approximate surface area is 146 Å². The fourth-order valence-electron chi connectivity index (χ4n) is 1.88. The fraction of sp³-hybridized carbons (Fsp3) is 0.333. The first-order valence-corrected chi connectivity index (χ1v) is 8.78. The highest BCUT2D eigenvalue weighted by Gasteiger charge is 2.14. The number of aromatic nitrogens is 2. The summed E-state index contributed by atoms with van der Waals surface area (Å²) in [6.45, 7) is 5.06. The van der Waals surface area contributed by atoms with Crippen LogP contribution in [0.1, 0.15) is 26.0 Å². The van der Waals surface area contributed by atoms with Crippen molar-refractivity contribution < 1.29 is 0 Å².